The number of halogens is 1. The summed E-state index contributed by atoms with van der Waals surface area (Å²) in [5.41, 5.74) is -0.158. The summed E-state index contributed by atoms with van der Waals surface area (Å²) in [5.74, 6) is -1.00. The zero-order chi connectivity index (χ0) is 25.2. The summed E-state index contributed by atoms with van der Waals surface area (Å²) in [6.07, 6.45) is 4.10. The van der Waals surface area contributed by atoms with E-state index in [4.69, 9.17) is 14.9 Å². The van der Waals surface area contributed by atoms with Gasteiger partial charge in [-0.2, -0.15) is 0 Å². The first kappa shape index (κ1) is 24.2. The fourth-order valence-electron chi connectivity index (χ4n) is 3.82. The van der Waals surface area contributed by atoms with Crippen LogP contribution in [0.2, 0.25) is 0 Å². The molecular formula is C25H27FN4O5. The maximum absolute atomic E-state index is 14.7. The molecule has 2 aliphatic rings. The fraction of sp³-hybridized carbons (Fsp3) is 0.320. The molecule has 1 saturated heterocycles. The van der Waals surface area contributed by atoms with E-state index >= 15 is 0 Å². The lowest BCUT2D eigenvalue weighted by Gasteiger charge is -2.31. The van der Waals surface area contributed by atoms with E-state index in [2.05, 4.69) is 10.6 Å². The van der Waals surface area contributed by atoms with E-state index in [1.807, 2.05) is 0 Å². The van der Waals surface area contributed by atoms with Crippen molar-refractivity contribution in [2.75, 3.05) is 26.7 Å². The Hall–Kier alpha value is -3.92. The first-order chi connectivity index (χ1) is 16.7. The van der Waals surface area contributed by atoms with Gasteiger partial charge >= 0.3 is 0 Å². The van der Waals surface area contributed by atoms with Crippen molar-refractivity contribution in [3.63, 3.8) is 0 Å². The molecule has 2 aliphatic heterocycles. The fourth-order valence-corrected chi connectivity index (χ4v) is 3.82. The number of aliphatic hydroxyl groups excluding tert-OH is 1. The Balaban J connectivity index is 1.63. The standard InChI is InChI=1S/C25H27FN4O5/c1-25(14-31)13-18-20(10-15(11-21(18)35-25)23(32)29-22(27)6-7-28-2)34-16-4-5-17(19(26)12-16)24(33)30-8-3-9-30/h4-7,10-12,28,31H,3,8-9,13-14H2,1-2H3,(H2,27,29,32)/b7-6-. The van der Waals surface area contributed by atoms with Gasteiger partial charge in [0.05, 0.1) is 12.2 Å². The van der Waals surface area contributed by atoms with E-state index in [1.54, 1.807) is 18.9 Å². The second-order valence-electron chi connectivity index (χ2n) is 8.72. The normalized spacial score (nSPS) is 18.5. The van der Waals surface area contributed by atoms with E-state index in [9.17, 15) is 19.1 Å². The van der Waals surface area contributed by atoms with Crippen molar-refractivity contribution in [2.24, 2.45) is 0 Å². The number of benzene rings is 2. The summed E-state index contributed by atoms with van der Waals surface area (Å²) in [4.78, 5) is 26.7. The van der Waals surface area contributed by atoms with Crippen LogP contribution in [0.15, 0.2) is 42.6 Å². The third kappa shape index (κ3) is 5.12. The monoisotopic (exact) mass is 482 g/mol. The van der Waals surface area contributed by atoms with Crippen molar-refractivity contribution in [3.8, 4) is 17.2 Å². The maximum Gasteiger partial charge on any atom is 0.257 e. The molecule has 0 saturated carbocycles. The lowest BCUT2D eigenvalue weighted by atomic mass is 9.98. The first-order valence-electron chi connectivity index (χ1n) is 11.2. The van der Waals surface area contributed by atoms with Gasteiger partial charge in [-0.15, -0.1) is 0 Å². The molecule has 184 valence electrons. The topological polar surface area (TPSA) is 124 Å². The van der Waals surface area contributed by atoms with Crippen LogP contribution in [-0.2, 0) is 6.42 Å². The van der Waals surface area contributed by atoms with Crippen molar-refractivity contribution < 1.29 is 28.6 Å². The average Bonchev–Trinajstić information content (AvgIpc) is 3.13. The summed E-state index contributed by atoms with van der Waals surface area (Å²) >= 11 is 0. The van der Waals surface area contributed by atoms with Crippen LogP contribution in [-0.4, -0.2) is 60.0 Å². The highest BCUT2D eigenvalue weighted by molar-refractivity contribution is 6.09. The van der Waals surface area contributed by atoms with E-state index in [1.165, 1.54) is 36.5 Å². The number of carbonyl (C=O) groups is 2. The maximum atomic E-state index is 14.7. The van der Waals surface area contributed by atoms with Crippen LogP contribution in [0.25, 0.3) is 0 Å². The molecule has 9 nitrogen and oxygen atoms in total. The van der Waals surface area contributed by atoms with Gasteiger partial charge in [-0.3, -0.25) is 15.0 Å². The van der Waals surface area contributed by atoms with Gasteiger partial charge in [-0.1, -0.05) is 0 Å². The Labute approximate surface area is 202 Å². The third-order valence-electron chi connectivity index (χ3n) is 5.88. The van der Waals surface area contributed by atoms with Crippen molar-refractivity contribution in [2.45, 2.75) is 25.4 Å². The highest BCUT2D eigenvalue weighted by Gasteiger charge is 2.37. The third-order valence-corrected chi connectivity index (χ3v) is 5.88. The van der Waals surface area contributed by atoms with Gasteiger partial charge in [0.15, 0.2) is 0 Å². The Kier molecular flexibility index (Phi) is 6.74. The second kappa shape index (κ2) is 9.75. The zero-order valence-electron chi connectivity index (χ0n) is 19.5. The number of likely N-dealkylation sites (tertiary alicyclic amines) is 1. The molecule has 4 N–H and O–H groups in total. The van der Waals surface area contributed by atoms with Crippen LogP contribution < -0.4 is 20.1 Å². The SMILES string of the molecule is CN/C=C\C(=N)NC(=O)c1cc(Oc2ccc(C(=O)N3CCC3)c(F)c2)c2c(c1)OC(C)(CO)C2. The lowest BCUT2D eigenvalue weighted by molar-refractivity contribution is 0.0445. The predicted molar refractivity (Wildman–Crippen MR) is 127 cm³/mol. The molecule has 1 atom stereocenters. The summed E-state index contributed by atoms with van der Waals surface area (Å²) in [5, 5.41) is 22.8. The molecule has 35 heavy (non-hydrogen) atoms. The van der Waals surface area contributed by atoms with Gasteiger partial charge in [0, 0.05) is 43.8 Å². The molecule has 4 rings (SSSR count). The van der Waals surface area contributed by atoms with Crippen LogP contribution in [0.1, 0.15) is 39.6 Å². The number of nitrogens with one attached hydrogen (secondary N) is 3. The summed E-state index contributed by atoms with van der Waals surface area (Å²) in [7, 11) is 1.67. The van der Waals surface area contributed by atoms with E-state index < -0.39 is 17.3 Å². The predicted octanol–water partition coefficient (Wildman–Crippen LogP) is 2.59. The van der Waals surface area contributed by atoms with Crippen molar-refractivity contribution in [3.05, 3.63) is 65.1 Å². The van der Waals surface area contributed by atoms with Gasteiger partial charge in [0.2, 0.25) is 0 Å². The molecular weight excluding hydrogens is 455 g/mol. The molecule has 10 heteroatoms. The van der Waals surface area contributed by atoms with Crippen LogP contribution >= 0.6 is 0 Å². The Bertz CT molecular complexity index is 1210. The Morgan fingerprint density at radius 3 is 2.71 bits per heavy atom. The molecule has 0 aliphatic carbocycles. The number of rotatable bonds is 7. The molecule has 1 unspecified atom stereocenters. The Morgan fingerprint density at radius 1 is 1.31 bits per heavy atom. The Morgan fingerprint density at radius 2 is 2.09 bits per heavy atom. The summed E-state index contributed by atoms with van der Waals surface area (Å²) in [6.45, 7) is 2.70. The number of hydrogen-bond acceptors (Lipinski definition) is 7. The minimum atomic E-state index is -0.906. The first-order valence-corrected chi connectivity index (χ1v) is 11.2. The van der Waals surface area contributed by atoms with Crippen LogP contribution in [0.5, 0.6) is 17.2 Å². The van der Waals surface area contributed by atoms with Crippen molar-refractivity contribution in [1.29, 1.82) is 5.41 Å². The van der Waals surface area contributed by atoms with Gasteiger partial charge in [0.25, 0.3) is 11.8 Å². The van der Waals surface area contributed by atoms with Gasteiger partial charge in [-0.05, 0) is 49.9 Å². The number of aliphatic hydroxyl groups is 1. The van der Waals surface area contributed by atoms with Gasteiger partial charge in [0.1, 0.15) is 34.5 Å². The molecule has 0 aromatic heterocycles. The molecule has 2 amide bonds. The summed E-state index contributed by atoms with van der Waals surface area (Å²) in [6, 6.07) is 7.00. The molecule has 2 heterocycles. The van der Waals surface area contributed by atoms with Crippen molar-refractivity contribution in [1.82, 2.24) is 15.5 Å². The van der Waals surface area contributed by atoms with E-state index in [0.29, 0.717) is 30.8 Å². The van der Waals surface area contributed by atoms with Crippen LogP contribution in [0.4, 0.5) is 4.39 Å². The molecule has 0 spiro atoms. The minimum absolute atomic E-state index is 0.0280. The van der Waals surface area contributed by atoms with Gasteiger partial charge < -0.3 is 30.1 Å². The number of amidine groups is 1. The highest BCUT2D eigenvalue weighted by atomic mass is 19.1. The summed E-state index contributed by atoms with van der Waals surface area (Å²) < 4.78 is 26.6. The largest absolute Gasteiger partial charge is 0.484 e. The smallest absolute Gasteiger partial charge is 0.257 e. The van der Waals surface area contributed by atoms with Crippen molar-refractivity contribution >= 4 is 17.6 Å². The number of carbonyl (C=O) groups excluding carboxylic acids is 2. The zero-order valence-corrected chi connectivity index (χ0v) is 19.5. The lowest BCUT2D eigenvalue weighted by Crippen LogP contribution is -2.42. The molecule has 0 bridgehead atoms. The van der Waals surface area contributed by atoms with Crippen LogP contribution in [0.3, 0.4) is 0 Å². The van der Waals surface area contributed by atoms with E-state index in [-0.39, 0.29) is 41.0 Å². The number of ether oxygens (including phenoxy) is 2. The molecule has 1 fully saturated rings. The van der Waals surface area contributed by atoms with E-state index in [0.717, 1.165) is 12.5 Å². The average molecular weight is 483 g/mol. The van der Waals surface area contributed by atoms with Gasteiger partial charge in [-0.25, -0.2) is 4.39 Å². The molecule has 2 aromatic rings. The number of amides is 2. The molecule has 0 radical (unpaired) electrons. The number of fused-ring (bicyclic) bond motifs is 1. The molecule has 2 aromatic carbocycles. The highest BCUT2D eigenvalue weighted by Crippen LogP contribution is 2.43. The quantitative estimate of drug-likeness (QED) is 0.355. The number of hydrogen-bond donors (Lipinski definition) is 4. The number of nitrogens with zero attached hydrogens (tertiary/aromatic N) is 1. The second-order valence-corrected chi connectivity index (χ2v) is 8.72. The minimum Gasteiger partial charge on any atom is -0.484 e. The van der Waals surface area contributed by atoms with Crippen LogP contribution in [0, 0.1) is 11.2 Å².